The Hall–Kier alpha value is -2.95. The Labute approximate surface area is 179 Å². The molecule has 4 rings (SSSR count). The van der Waals surface area contributed by atoms with Gasteiger partial charge in [-0.25, -0.2) is 0 Å². The van der Waals surface area contributed by atoms with Gasteiger partial charge in [0.1, 0.15) is 5.82 Å². The quantitative estimate of drug-likeness (QED) is 0.349. The van der Waals surface area contributed by atoms with Crippen LogP contribution < -0.4 is 5.32 Å². The minimum absolute atomic E-state index is 0.228. The van der Waals surface area contributed by atoms with E-state index >= 15 is 0 Å². The fourth-order valence-electron chi connectivity index (χ4n) is 3.51. The lowest BCUT2D eigenvalue weighted by Gasteiger charge is -2.16. The normalized spacial score (nSPS) is 10.9. The number of aromatic nitrogens is 1. The molecule has 0 aliphatic heterocycles. The lowest BCUT2D eigenvalue weighted by atomic mass is 10.0. The Morgan fingerprint density at radius 2 is 1.69 bits per heavy atom. The molecule has 0 saturated carbocycles. The van der Waals surface area contributed by atoms with Gasteiger partial charge in [-0.15, -0.1) is 0 Å². The summed E-state index contributed by atoms with van der Waals surface area (Å²) in [4.78, 5) is 16.3. The molecule has 0 atom stereocenters. The second-order valence-electron chi connectivity index (χ2n) is 7.04. The highest BCUT2D eigenvalue weighted by molar-refractivity contribution is 7.71. The predicted molar refractivity (Wildman–Crippen MR) is 123 cm³/mol. The van der Waals surface area contributed by atoms with Crippen LogP contribution in [0.4, 0.5) is 5.82 Å². The van der Waals surface area contributed by atoms with Gasteiger partial charge in [-0.3, -0.25) is 4.79 Å². The standard InChI is InChI=1S/C24H19ClN2OS/c1-14-12-15(2)21-19(13-14)22(29)20(16-6-4-3-5-7-16)23(26-21)27-24(28)17-8-10-18(25)11-9-17/h3-13H,1-2H3,(H2,26,27,28,29). The number of H-pyrrole nitrogens is 1. The van der Waals surface area contributed by atoms with Crippen molar-refractivity contribution < 1.29 is 4.79 Å². The van der Waals surface area contributed by atoms with Crippen LogP contribution in [0.2, 0.25) is 5.02 Å². The first-order valence-electron chi connectivity index (χ1n) is 9.23. The maximum Gasteiger partial charge on any atom is 0.256 e. The minimum Gasteiger partial charge on any atom is -0.340 e. The SMILES string of the molecule is Cc1cc(C)c2[nH]c(NC(=O)c3ccc(Cl)cc3)c(-c3ccccc3)c(=S)c2c1. The molecule has 5 heteroatoms. The van der Waals surface area contributed by atoms with Crippen LogP contribution in [0.3, 0.4) is 0 Å². The van der Waals surface area contributed by atoms with Crippen LogP contribution in [0.5, 0.6) is 0 Å². The first-order valence-corrected chi connectivity index (χ1v) is 10.0. The lowest BCUT2D eigenvalue weighted by Crippen LogP contribution is -2.14. The third kappa shape index (κ3) is 3.82. The number of halogens is 1. The highest BCUT2D eigenvalue weighted by atomic mass is 35.5. The number of benzene rings is 3. The Balaban J connectivity index is 1.93. The van der Waals surface area contributed by atoms with Gasteiger partial charge in [-0.1, -0.05) is 65.8 Å². The van der Waals surface area contributed by atoms with Crippen LogP contribution >= 0.6 is 23.8 Å². The van der Waals surface area contributed by atoms with Gasteiger partial charge >= 0.3 is 0 Å². The molecule has 0 aliphatic rings. The van der Waals surface area contributed by atoms with Gasteiger partial charge in [0.25, 0.3) is 5.91 Å². The van der Waals surface area contributed by atoms with Crippen molar-refractivity contribution in [2.45, 2.75) is 13.8 Å². The highest BCUT2D eigenvalue weighted by Crippen LogP contribution is 2.34. The van der Waals surface area contributed by atoms with Gasteiger partial charge in [0.15, 0.2) is 0 Å². The molecule has 0 spiro atoms. The van der Waals surface area contributed by atoms with Crippen molar-refractivity contribution >= 4 is 46.4 Å². The third-order valence-corrected chi connectivity index (χ3v) is 5.53. The first kappa shape index (κ1) is 19.4. The molecule has 3 aromatic carbocycles. The van der Waals surface area contributed by atoms with Gasteiger partial charge in [0, 0.05) is 21.5 Å². The summed E-state index contributed by atoms with van der Waals surface area (Å²) in [5.74, 6) is 0.356. The van der Waals surface area contributed by atoms with Crippen LogP contribution in [0.15, 0.2) is 66.7 Å². The molecule has 2 N–H and O–H groups in total. The van der Waals surface area contributed by atoms with Crippen molar-refractivity contribution in [2.75, 3.05) is 5.32 Å². The molecule has 0 fully saturated rings. The molecule has 29 heavy (non-hydrogen) atoms. The number of anilines is 1. The summed E-state index contributed by atoms with van der Waals surface area (Å²) in [6.45, 7) is 4.09. The van der Waals surface area contributed by atoms with E-state index in [0.29, 0.717) is 20.9 Å². The van der Waals surface area contributed by atoms with Gasteiger partial charge in [-0.05, 0) is 55.3 Å². The molecule has 1 amide bonds. The predicted octanol–water partition coefficient (Wildman–Crippen LogP) is 7.09. The van der Waals surface area contributed by atoms with E-state index in [4.69, 9.17) is 23.8 Å². The van der Waals surface area contributed by atoms with Crippen molar-refractivity contribution in [3.05, 3.63) is 93.0 Å². The Morgan fingerprint density at radius 3 is 2.38 bits per heavy atom. The second kappa shape index (κ2) is 7.82. The number of carbonyl (C=O) groups excluding carboxylic acids is 1. The van der Waals surface area contributed by atoms with Gasteiger partial charge in [-0.2, -0.15) is 0 Å². The van der Waals surface area contributed by atoms with E-state index in [1.54, 1.807) is 24.3 Å². The fraction of sp³-hybridized carbons (Fsp3) is 0.0833. The van der Waals surface area contributed by atoms with Crippen LogP contribution in [0, 0.1) is 18.4 Å². The number of aryl methyl sites for hydroxylation is 2. The number of amides is 1. The molecule has 1 heterocycles. The summed E-state index contributed by atoms with van der Waals surface area (Å²) < 4.78 is 0.711. The van der Waals surface area contributed by atoms with E-state index < -0.39 is 0 Å². The van der Waals surface area contributed by atoms with Gasteiger partial charge < -0.3 is 10.3 Å². The Kier molecular flexibility index (Phi) is 5.22. The number of carbonyl (C=O) groups is 1. The van der Waals surface area contributed by atoms with Crippen LogP contribution in [-0.4, -0.2) is 10.9 Å². The number of nitrogens with one attached hydrogen (secondary N) is 2. The average Bonchev–Trinajstić information content (AvgIpc) is 2.70. The number of fused-ring (bicyclic) bond motifs is 1. The van der Waals surface area contributed by atoms with Crippen molar-refractivity contribution in [2.24, 2.45) is 0 Å². The topological polar surface area (TPSA) is 44.9 Å². The molecule has 0 radical (unpaired) electrons. The zero-order valence-electron chi connectivity index (χ0n) is 16.0. The molecular weight excluding hydrogens is 400 g/mol. The molecule has 144 valence electrons. The monoisotopic (exact) mass is 418 g/mol. The molecule has 3 nitrogen and oxygen atoms in total. The maximum absolute atomic E-state index is 12.9. The maximum atomic E-state index is 12.9. The average molecular weight is 419 g/mol. The number of aromatic amines is 1. The van der Waals surface area contributed by atoms with Crippen molar-refractivity contribution in [1.82, 2.24) is 4.98 Å². The van der Waals surface area contributed by atoms with Crippen molar-refractivity contribution in [3.8, 4) is 11.1 Å². The lowest BCUT2D eigenvalue weighted by molar-refractivity contribution is 0.102. The molecule has 0 unspecified atom stereocenters. The molecule has 0 aliphatic carbocycles. The second-order valence-corrected chi connectivity index (χ2v) is 7.88. The van der Waals surface area contributed by atoms with E-state index in [0.717, 1.165) is 33.2 Å². The van der Waals surface area contributed by atoms with E-state index in [-0.39, 0.29) is 5.91 Å². The van der Waals surface area contributed by atoms with Crippen molar-refractivity contribution in [3.63, 3.8) is 0 Å². The zero-order valence-corrected chi connectivity index (χ0v) is 17.6. The number of hydrogen-bond acceptors (Lipinski definition) is 2. The third-order valence-electron chi connectivity index (χ3n) is 4.86. The highest BCUT2D eigenvalue weighted by Gasteiger charge is 2.16. The molecular formula is C24H19ClN2OS. The van der Waals surface area contributed by atoms with Crippen LogP contribution in [0.25, 0.3) is 22.0 Å². The summed E-state index contributed by atoms with van der Waals surface area (Å²) >= 11 is 11.8. The summed E-state index contributed by atoms with van der Waals surface area (Å²) in [7, 11) is 0. The minimum atomic E-state index is -0.228. The molecule has 0 saturated heterocycles. The molecule has 1 aromatic heterocycles. The van der Waals surface area contributed by atoms with E-state index in [1.165, 1.54) is 0 Å². The van der Waals surface area contributed by atoms with Crippen molar-refractivity contribution in [1.29, 1.82) is 0 Å². The smallest absolute Gasteiger partial charge is 0.256 e. The summed E-state index contributed by atoms with van der Waals surface area (Å²) in [6.07, 6.45) is 0. The van der Waals surface area contributed by atoms with Crippen LogP contribution in [-0.2, 0) is 0 Å². The summed E-state index contributed by atoms with van der Waals surface area (Å²) in [6, 6.07) is 20.8. The number of hydrogen-bond donors (Lipinski definition) is 2. The first-order chi connectivity index (χ1) is 13.9. The van der Waals surface area contributed by atoms with Crippen LogP contribution in [0.1, 0.15) is 21.5 Å². The van der Waals surface area contributed by atoms with E-state index in [9.17, 15) is 4.79 Å². The summed E-state index contributed by atoms with van der Waals surface area (Å²) in [5, 5.41) is 4.57. The molecule has 4 aromatic rings. The van der Waals surface area contributed by atoms with Gasteiger partial charge in [0.2, 0.25) is 0 Å². The number of rotatable bonds is 3. The van der Waals surface area contributed by atoms with E-state index in [2.05, 4.69) is 29.4 Å². The van der Waals surface area contributed by atoms with Gasteiger partial charge in [0.05, 0.1) is 10.0 Å². The van der Waals surface area contributed by atoms with E-state index in [1.807, 2.05) is 37.3 Å². The Morgan fingerprint density at radius 1 is 1.00 bits per heavy atom. The Bertz CT molecular complexity index is 1280. The molecule has 0 bridgehead atoms. The summed E-state index contributed by atoms with van der Waals surface area (Å²) in [5.41, 5.74) is 5.42. The fourth-order valence-corrected chi connectivity index (χ4v) is 4.02. The zero-order chi connectivity index (χ0) is 20.5. The largest absolute Gasteiger partial charge is 0.340 e. The number of pyridine rings is 1.